The quantitative estimate of drug-likeness (QED) is 0.660. The Kier molecular flexibility index (Phi) is 6.04. The molecule has 2 N–H and O–H groups in total. The number of aliphatic imine (C=N–C) groups is 1. The lowest BCUT2D eigenvalue weighted by Gasteiger charge is -2.27. The third-order valence-electron chi connectivity index (χ3n) is 2.98. The maximum absolute atomic E-state index is 12.2. The summed E-state index contributed by atoms with van der Waals surface area (Å²) in [7, 11) is 0. The van der Waals surface area contributed by atoms with E-state index in [1.54, 1.807) is 12.3 Å². The number of rotatable bonds is 5. The zero-order valence-electron chi connectivity index (χ0n) is 11.5. The van der Waals surface area contributed by atoms with Crippen LogP contribution in [0.5, 0.6) is 5.75 Å². The van der Waals surface area contributed by atoms with Crippen LogP contribution in [0.25, 0.3) is 0 Å². The lowest BCUT2D eigenvalue weighted by Crippen LogP contribution is -2.42. The van der Waals surface area contributed by atoms with Crippen molar-refractivity contribution in [1.82, 2.24) is 9.88 Å². The minimum Gasteiger partial charge on any atom is -0.486 e. The number of halogens is 2. The molecule has 1 aliphatic rings. The van der Waals surface area contributed by atoms with E-state index in [1.807, 2.05) is 16.7 Å². The Morgan fingerprint density at radius 1 is 1.48 bits per heavy atom. The molecule has 0 radical (unpaired) electrons. The summed E-state index contributed by atoms with van der Waals surface area (Å²) in [6.45, 7) is 1.40. The molecule has 1 aliphatic heterocycles. The molecule has 2 heterocycles. The van der Waals surface area contributed by atoms with Crippen molar-refractivity contribution in [2.45, 2.75) is 13.0 Å². The number of nitrogens with zero attached hydrogens (tertiary/aromatic N) is 3. The molecule has 1 fully saturated rings. The first-order valence-corrected chi connectivity index (χ1v) is 7.78. The fraction of sp³-hybridized carbons (Fsp3) is 0.538. The lowest BCUT2D eigenvalue weighted by atomic mass is 10.2. The molecule has 0 amide bonds. The number of hydrogen-bond acceptors (Lipinski definition) is 4. The summed E-state index contributed by atoms with van der Waals surface area (Å²) in [5.74, 6) is 2.87. The molecule has 8 heteroatoms. The van der Waals surface area contributed by atoms with Gasteiger partial charge in [-0.25, -0.2) is 13.8 Å². The number of alkyl halides is 2. The van der Waals surface area contributed by atoms with Crippen molar-refractivity contribution in [3.05, 3.63) is 24.0 Å². The second-order valence-electron chi connectivity index (χ2n) is 4.46. The molecule has 21 heavy (non-hydrogen) atoms. The van der Waals surface area contributed by atoms with Gasteiger partial charge in [0.15, 0.2) is 5.96 Å². The van der Waals surface area contributed by atoms with E-state index in [9.17, 15) is 8.78 Å². The normalized spacial score (nSPS) is 16.3. The van der Waals surface area contributed by atoms with Crippen molar-refractivity contribution in [2.24, 2.45) is 10.7 Å². The van der Waals surface area contributed by atoms with Crippen LogP contribution < -0.4 is 10.5 Å². The SMILES string of the molecule is NC(=NCc1ccncc1OCC(F)F)N1CCSCC1. The smallest absolute Gasteiger partial charge is 0.272 e. The van der Waals surface area contributed by atoms with Crippen LogP contribution in [0.4, 0.5) is 8.78 Å². The Hall–Kier alpha value is -1.57. The van der Waals surface area contributed by atoms with Crippen molar-refractivity contribution in [1.29, 1.82) is 0 Å². The molecule has 0 atom stereocenters. The first-order valence-electron chi connectivity index (χ1n) is 6.63. The van der Waals surface area contributed by atoms with Crippen LogP contribution in [0.15, 0.2) is 23.5 Å². The summed E-state index contributed by atoms with van der Waals surface area (Å²) < 4.78 is 29.5. The second-order valence-corrected chi connectivity index (χ2v) is 5.68. The van der Waals surface area contributed by atoms with Crippen LogP contribution in [0.2, 0.25) is 0 Å². The molecule has 116 valence electrons. The average molecular weight is 316 g/mol. The number of thioether (sulfide) groups is 1. The Balaban J connectivity index is 1.98. The molecule has 1 aromatic heterocycles. The molecule has 0 bridgehead atoms. The Labute approximate surface area is 126 Å². The molecule has 5 nitrogen and oxygen atoms in total. The van der Waals surface area contributed by atoms with Gasteiger partial charge in [0.25, 0.3) is 6.43 Å². The molecule has 0 aromatic carbocycles. The van der Waals surface area contributed by atoms with E-state index in [2.05, 4.69) is 9.98 Å². The summed E-state index contributed by atoms with van der Waals surface area (Å²) in [5.41, 5.74) is 6.65. The number of ether oxygens (including phenoxy) is 1. The van der Waals surface area contributed by atoms with Crippen LogP contribution in [0.3, 0.4) is 0 Å². The number of nitrogens with two attached hydrogens (primary N) is 1. The number of guanidine groups is 1. The highest BCUT2D eigenvalue weighted by molar-refractivity contribution is 7.99. The van der Waals surface area contributed by atoms with Crippen LogP contribution in [-0.4, -0.2) is 53.5 Å². The van der Waals surface area contributed by atoms with E-state index in [-0.39, 0.29) is 6.54 Å². The molecule has 0 aliphatic carbocycles. The third kappa shape index (κ3) is 5.04. The van der Waals surface area contributed by atoms with E-state index in [0.717, 1.165) is 24.6 Å². The highest BCUT2D eigenvalue weighted by atomic mass is 32.2. The monoisotopic (exact) mass is 316 g/mol. The van der Waals surface area contributed by atoms with Crippen molar-refractivity contribution in [3.8, 4) is 5.75 Å². The van der Waals surface area contributed by atoms with E-state index in [1.165, 1.54) is 6.20 Å². The molecule has 1 aromatic rings. The van der Waals surface area contributed by atoms with Gasteiger partial charge < -0.3 is 15.4 Å². The van der Waals surface area contributed by atoms with Gasteiger partial charge in [-0.3, -0.25) is 4.98 Å². The Morgan fingerprint density at radius 2 is 2.24 bits per heavy atom. The van der Waals surface area contributed by atoms with Gasteiger partial charge in [0, 0.05) is 36.4 Å². The minimum atomic E-state index is -2.52. The van der Waals surface area contributed by atoms with E-state index < -0.39 is 13.0 Å². The van der Waals surface area contributed by atoms with Gasteiger partial charge in [-0.1, -0.05) is 0 Å². The van der Waals surface area contributed by atoms with Crippen molar-refractivity contribution in [3.63, 3.8) is 0 Å². The fourth-order valence-corrected chi connectivity index (χ4v) is 2.78. The van der Waals surface area contributed by atoms with Gasteiger partial charge in [0.1, 0.15) is 12.4 Å². The fourth-order valence-electron chi connectivity index (χ4n) is 1.88. The summed E-state index contributed by atoms with van der Waals surface area (Å²) in [6.07, 6.45) is 0.479. The zero-order chi connectivity index (χ0) is 15.1. The minimum absolute atomic E-state index is 0.288. The highest BCUT2D eigenvalue weighted by Crippen LogP contribution is 2.18. The van der Waals surface area contributed by atoms with Crippen molar-refractivity contribution >= 4 is 17.7 Å². The topological polar surface area (TPSA) is 63.7 Å². The third-order valence-corrected chi connectivity index (χ3v) is 3.92. The molecular weight excluding hydrogens is 298 g/mol. The molecule has 2 rings (SSSR count). The molecule has 0 unspecified atom stereocenters. The predicted molar refractivity (Wildman–Crippen MR) is 80.0 cm³/mol. The van der Waals surface area contributed by atoms with Gasteiger partial charge >= 0.3 is 0 Å². The second kappa shape index (κ2) is 8.02. The Morgan fingerprint density at radius 3 is 2.95 bits per heavy atom. The summed E-state index contributed by atoms with van der Waals surface area (Å²) in [4.78, 5) is 10.2. The first-order chi connectivity index (χ1) is 10.2. The zero-order valence-corrected chi connectivity index (χ0v) is 12.4. The summed E-state index contributed by atoms with van der Waals surface area (Å²) in [5, 5.41) is 0. The molecular formula is C13H18F2N4OS. The average Bonchev–Trinajstić information content (AvgIpc) is 2.52. The maximum Gasteiger partial charge on any atom is 0.272 e. The molecule has 0 spiro atoms. The van der Waals surface area contributed by atoms with Crippen LogP contribution >= 0.6 is 11.8 Å². The largest absolute Gasteiger partial charge is 0.486 e. The van der Waals surface area contributed by atoms with Gasteiger partial charge in [0.05, 0.1) is 12.7 Å². The van der Waals surface area contributed by atoms with Crippen LogP contribution in [-0.2, 0) is 6.54 Å². The number of hydrogen-bond donors (Lipinski definition) is 1. The van der Waals surface area contributed by atoms with Crippen LogP contribution in [0.1, 0.15) is 5.56 Å². The number of aromatic nitrogens is 1. The van der Waals surface area contributed by atoms with Gasteiger partial charge in [-0.2, -0.15) is 11.8 Å². The maximum atomic E-state index is 12.2. The van der Waals surface area contributed by atoms with Crippen molar-refractivity contribution < 1.29 is 13.5 Å². The predicted octanol–water partition coefficient (Wildman–Crippen LogP) is 1.59. The van der Waals surface area contributed by atoms with E-state index in [4.69, 9.17) is 10.5 Å². The Bertz CT molecular complexity index is 481. The summed E-state index contributed by atoms with van der Waals surface area (Å²) >= 11 is 1.89. The lowest BCUT2D eigenvalue weighted by molar-refractivity contribution is 0.0812. The molecule has 1 saturated heterocycles. The van der Waals surface area contributed by atoms with Gasteiger partial charge in [-0.15, -0.1) is 0 Å². The standard InChI is InChI=1S/C13H18F2N4OS/c14-12(15)9-20-11-8-17-2-1-10(11)7-18-13(16)19-3-5-21-6-4-19/h1-2,8,12H,3-7,9H2,(H2,16,18). The summed E-state index contributed by atoms with van der Waals surface area (Å²) in [6, 6.07) is 1.70. The van der Waals surface area contributed by atoms with Crippen molar-refractivity contribution in [2.75, 3.05) is 31.2 Å². The van der Waals surface area contributed by atoms with Crippen LogP contribution in [0, 0.1) is 0 Å². The van der Waals surface area contributed by atoms with Gasteiger partial charge in [-0.05, 0) is 6.07 Å². The highest BCUT2D eigenvalue weighted by Gasteiger charge is 2.13. The molecule has 0 saturated carbocycles. The van der Waals surface area contributed by atoms with E-state index >= 15 is 0 Å². The van der Waals surface area contributed by atoms with Gasteiger partial charge in [0.2, 0.25) is 0 Å². The number of pyridine rings is 1. The van der Waals surface area contributed by atoms with E-state index in [0.29, 0.717) is 17.3 Å². The first kappa shape index (κ1) is 15.8.